The number of aromatic carboxylic acids is 1. The molecule has 1 amide bonds. The average Bonchev–Trinajstić information content (AvgIpc) is 3.25. The molecular formula is C21H21N3O3. The van der Waals surface area contributed by atoms with Gasteiger partial charge in [-0.15, -0.1) is 0 Å². The highest BCUT2D eigenvalue weighted by Crippen LogP contribution is 2.24. The van der Waals surface area contributed by atoms with Crippen molar-refractivity contribution in [3.8, 4) is 0 Å². The minimum atomic E-state index is -0.914. The second kappa shape index (κ2) is 6.87. The van der Waals surface area contributed by atoms with E-state index in [1.165, 1.54) is 0 Å². The van der Waals surface area contributed by atoms with Crippen LogP contribution in [0.5, 0.6) is 0 Å². The summed E-state index contributed by atoms with van der Waals surface area (Å²) in [6.45, 7) is 3.25. The molecule has 0 unspecified atom stereocenters. The summed E-state index contributed by atoms with van der Waals surface area (Å²) < 4.78 is 1.85. The van der Waals surface area contributed by atoms with Gasteiger partial charge in [0.25, 0.3) is 5.91 Å². The van der Waals surface area contributed by atoms with Crippen molar-refractivity contribution < 1.29 is 14.7 Å². The van der Waals surface area contributed by atoms with Gasteiger partial charge in [0.05, 0.1) is 11.3 Å². The third-order valence-corrected chi connectivity index (χ3v) is 5.18. The van der Waals surface area contributed by atoms with E-state index in [1.54, 1.807) is 18.2 Å². The zero-order valence-corrected chi connectivity index (χ0v) is 15.1. The maximum Gasteiger partial charge on any atom is 0.335 e. The van der Waals surface area contributed by atoms with Crippen LogP contribution in [0.25, 0.3) is 5.65 Å². The molecule has 0 aliphatic carbocycles. The normalized spacial score (nSPS) is 16.8. The number of pyridine rings is 1. The van der Waals surface area contributed by atoms with Gasteiger partial charge >= 0.3 is 5.97 Å². The number of rotatable bonds is 4. The Labute approximate surface area is 157 Å². The second-order valence-corrected chi connectivity index (χ2v) is 7.09. The maximum absolute atomic E-state index is 13.1. The summed E-state index contributed by atoms with van der Waals surface area (Å²) in [4.78, 5) is 30.6. The number of hydrogen-bond acceptors (Lipinski definition) is 3. The summed E-state index contributed by atoms with van der Waals surface area (Å²) in [5.74, 6) is -0.575. The van der Waals surface area contributed by atoms with E-state index in [0.717, 1.165) is 29.7 Å². The Kier molecular flexibility index (Phi) is 4.39. The third-order valence-electron chi connectivity index (χ3n) is 5.18. The van der Waals surface area contributed by atoms with E-state index in [0.29, 0.717) is 30.3 Å². The van der Waals surface area contributed by atoms with Crippen molar-refractivity contribution in [3.63, 3.8) is 0 Å². The van der Waals surface area contributed by atoms with E-state index in [4.69, 9.17) is 5.11 Å². The predicted octanol–water partition coefficient (Wildman–Crippen LogP) is 3.05. The van der Waals surface area contributed by atoms with Crippen molar-refractivity contribution in [2.45, 2.75) is 19.8 Å². The zero-order chi connectivity index (χ0) is 19.0. The lowest BCUT2D eigenvalue weighted by Gasteiger charge is -2.17. The molecule has 27 heavy (non-hydrogen) atoms. The number of carbonyl (C=O) groups is 2. The Hall–Kier alpha value is -3.15. The SMILES string of the molecule is Cc1nc2ccccn2c1C(=O)N1CC[C@H](Cc2cccc(C(=O)O)c2)C1. The molecule has 6 nitrogen and oxygen atoms in total. The highest BCUT2D eigenvalue weighted by Gasteiger charge is 2.29. The average molecular weight is 363 g/mol. The molecule has 1 aromatic carbocycles. The van der Waals surface area contributed by atoms with Crippen LogP contribution in [0.4, 0.5) is 0 Å². The van der Waals surface area contributed by atoms with Gasteiger partial charge in [-0.25, -0.2) is 9.78 Å². The van der Waals surface area contributed by atoms with Crippen LogP contribution in [0.3, 0.4) is 0 Å². The second-order valence-electron chi connectivity index (χ2n) is 7.09. The minimum Gasteiger partial charge on any atom is -0.478 e. The van der Waals surface area contributed by atoms with Crippen molar-refractivity contribution in [1.82, 2.24) is 14.3 Å². The molecule has 1 fully saturated rings. The zero-order valence-electron chi connectivity index (χ0n) is 15.1. The van der Waals surface area contributed by atoms with Crippen LogP contribution in [-0.4, -0.2) is 44.4 Å². The van der Waals surface area contributed by atoms with Gasteiger partial charge in [0.15, 0.2) is 0 Å². The Bertz CT molecular complexity index is 1020. The van der Waals surface area contributed by atoms with Crippen molar-refractivity contribution in [3.05, 3.63) is 71.2 Å². The summed E-state index contributed by atoms with van der Waals surface area (Å²) in [6, 6.07) is 12.8. The lowest BCUT2D eigenvalue weighted by Crippen LogP contribution is -2.30. The first-order valence-electron chi connectivity index (χ1n) is 9.08. The number of fused-ring (bicyclic) bond motifs is 1. The van der Waals surface area contributed by atoms with Crippen LogP contribution in [0.15, 0.2) is 48.7 Å². The van der Waals surface area contributed by atoms with Crippen molar-refractivity contribution in [1.29, 1.82) is 0 Å². The molecule has 1 atom stereocenters. The summed E-state index contributed by atoms with van der Waals surface area (Å²) in [5, 5.41) is 9.14. The van der Waals surface area contributed by atoms with E-state index in [9.17, 15) is 9.59 Å². The fourth-order valence-corrected chi connectivity index (χ4v) is 3.87. The third kappa shape index (κ3) is 3.30. The van der Waals surface area contributed by atoms with Crippen molar-refractivity contribution in [2.24, 2.45) is 5.92 Å². The number of carboxylic acid groups (broad SMARTS) is 1. The van der Waals surface area contributed by atoms with E-state index in [2.05, 4.69) is 4.98 Å². The quantitative estimate of drug-likeness (QED) is 0.773. The lowest BCUT2D eigenvalue weighted by molar-refractivity contribution is 0.0696. The molecule has 0 bridgehead atoms. The van der Waals surface area contributed by atoms with Gasteiger partial charge in [-0.1, -0.05) is 18.2 Å². The molecule has 1 aliphatic heterocycles. The monoisotopic (exact) mass is 363 g/mol. The van der Waals surface area contributed by atoms with E-state index in [-0.39, 0.29) is 5.91 Å². The number of hydrogen-bond donors (Lipinski definition) is 1. The van der Waals surface area contributed by atoms with Crippen LogP contribution < -0.4 is 0 Å². The lowest BCUT2D eigenvalue weighted by atomic mass is 9.97. The molecule has 4 rings (SSSR count). The van der Waals surface area contributed by atoms with Gasteiger partial charge in [0, 0.05) is 19.3 Å². The molecule has 138 valence electrons. The van der Waals surface area contributed by atoms with Crippen LogP contribution in [-0.2, 0) is 6.42 Å². The largest absolute Gasteiger partial charge is 0.478 e. The number of amides is 1. The number of carbonyl (C=O) groups excluding carboxylic acids is 1. The van der Waals surface area contributed by atoms with Gasteiger partial charge in [0.2, 0.25) is 0 Å². The summed E-state index contributed by atoms with van der Waals surface area (Å²) >= 11 is 0. The van der Waals surface area contributed by atoms with Gasteiger partial charge in [-0.05, 0) is 55.5 Å². The highest BCUT2D eigenvalue weighted by molar-refractivity contribution is 5.95. The summed E-state index contributed by atoms with van der Waals surface area (Å²) in [6.07, 6.45) is 3.56. The standard InChI is InChI=1S/C21H21N3O3/c1-14-19(24-9-3-2-7-18(24)22-14)20(25)23-10-8-16(13-23)11-15-5-4-6-17(12-15)21(26)27/h2-7,9,12,16H,8,10-11,13H2,1H3,(H,26,27)/t16-/m1/s1. The van der Waals surface area contributed by atoms with E-state index < -0.39 is 5.97 Å². The summed E-state index contributed by atoms with van der Waals surface area (Å²) in [7, 11) is 0. The number of aryl methyl sites for hydroxylation is 1. The molecule has 2 aromatic heterocycles. The topological polar surface area (TPSA) is 74.9 Å². The molecule has 3 heterocycles. The van der Waals surface area contributed by atoms with Crippen molar-refractivity contribution in [2.75, 3.05) is 13.1 Å². The molecule has 1 aliphatic rings. The summed E-state index contributed by atoms with van der Waals surface area (Å²) in [5.41, 5.74) is 3.45. The van der Waals surface area contributed by atoms with Gasteiger partial charge in [-0.2, -0.15) is 0 Å². The molecule has 0 radical (unpaired) electrons. The van der Waals surface area contributed by atoms with Gasteiger partial charge < -0.3 is 10.0 Å². The molecule has 1 N–H and O–H groups in total. The molecule has 6 heteroatoms. The number of aromatic nitrogens is 2. The smallest absolute Gasteiger partial charge is 0.335 e. The fraction of sp³-hybridized carbons (Fsp3) is 0.286. The van der Waals surface area contributed by atoms with Gasteiger partial charge in [0.1, 0.15) is 11.3 Å². The highest BCUT2D eigenvalue weighted by atomic mass is 16.4. The Morgan fingerprint density at radius 3 is 2.89 bits per heavy atom. The number of carboxylic acids is 1. The van der Waals surface area contributed by atoms with Crippen LogP contribution >= 0.6 is 0 Å². The maximum atomic E-state index is 13.1. The Morgan fingerprint density at radius 1 is 1.22 bits per heavy atom. The number of imidazole rings is 1. The number of likely N-dealkylation sites (tertiary alicyclic amines) is 1. The molecule has 0 saturated carbocycles. The molecule has 1 saturated heterocycles. The number of nitrogens with zero attached hydrogens (tertiary/aromatic N) is 3. The van der Waals surface area contributed by atoms with Crippen molar-refractivity contribution >= 4 is 17.5 Å². The van der Waals surface area contributed by atoms with Crippen LogP contribution in [0.1, 0.15) is 38.5 Å². The Balaban J connectivity index is 1.49. The Morgan fingerprint density at radius 2 is 2.07 bits per heavy atom. The first kappa shape index (κ1) is 17.3. The first-order chi connectivity index (χ1) is 13.0. The van der Waals surface area contributed by atoms with E-state index >= 15 is 0 Å². The van der Waals surface area contributed by atoms with Gasteiger partial charge in [-0.3, -0.25) is 9.20 Å². The molecular weight excluding hydrogens is 342 g/mol. The van der Waals surface area contributed by atoms with Crippen LogP contribution in [0.2, 0.25) is 0 Å². The van der Waals surface area contributed by atoms with E-state index in [1.807, 2.05) is 46.7 Å². The predicted molar refractivity (Wildman–Crippen MR) is 101 cm³/mol. The first-order valence-corrected chi connectivity index (χ1v) is 9.08. The minimum absolute atomic E-state index is 0.00740. The molecule has 3 aromatic rings. The fourth-order valence-electron chi connectivity index (χ4n) is 3.87. The van der Waals surface area contributed by atoms with Crippen LogP contribution in [0, 0.1) is 12.8 Å². The molecule has 0 spiro atoms. The number of benzene rings is 1.